The highest BCUT2D eigenvalue weighted by atomic mass is 127. The summed E-state index contributed by atoms with van der Waals surface area (Å²) in [6, 6.07) is 6.98. The second-order valence-corrected chi connectivity index (χ2v) is 8.92. The second kappa shape index (κ2) is 11.4. The molecule has 1 aromatic carbocycles. The van der Waals surface area contributed by atoms with Crippen molar-refractivity contribution in [3.05, 3.63) is 48.0 Å². The minimum atomic E-state index is -3.15. The molecule has 0 atom stereocenters. The molecule has 0 aliphatic carbocycles. The summed E-state index contributed by atoms with van der Waals surface area (Å²) in [5.74, 6) is 2.24. The number of guanidine groups is 1. The van der Waals surface area contributed by atoms with E-state index in [4.69, 9.17) is 0 Å². The number of aromatic nitrogens is 2. The molecule has 0 unspecified atom stereocenters. The third-order valence-corrected chi connectivity index (χ3v) is 5.19. The molecule has 0 aliphatic rings. The molecule has 1 aromatic heterocycles. The summed E-state index contributed by atoms with van der Waals surface area (Å²) in [6.07, 6.45) is 5.79. The maximum absolute atomic E-state index is 11.5. The fourth-order valence-electron chi connectivity index (χ4n) is 2.68. The fourth-order valence-corrected chi connectivity index (χ4v) is 3.31. The van der Waals surface area contributed by atoms with Crippen LogP contribution in [0.2, 0.25) is 0 Å². The zero-order chi connectivity index (χ0) is 19.9. The highest BCUT2D eigenvalue weighted by Gasteiger charge is 2.07. The largest absolute Gasteiger partial charge is 0.356 e. The van der Waals surface area contributed by atoms with Gasteiger partial charge in [-0.25, -0.2) is 13.4 Å². The minimum absolute atomic E-state index is 0. The number of nitrogens with zero attached hydrogens (tertiary/aromatic N) is 3. The Hall–Kier alpha value is -1.62. The van der Waals surface area contributed by atoms with Crippen LogP contribution in [0.5, 0.6) is 0 Å². The Labute approximate surface area is 185 Å². The van der Waals surface area contributed by atoms with E-state index in [2.05, 4.69) is 39.0 Å². The molecular formula is C19H30IN5O2S. The highest BCUT2D eigenvalue weighted by molar-refractivity contribution is 14.0. The quantitative estimate of drug-likeness (QED) is 0.318. The molecule has 9 heteroatoms. The molecule has 0 bridgehead atoms. The predicted octanol–water partition coefficient (Wildman–Crippen LogP) is 2.47. The molecule has 0 aliphatic heterocycles. The van der Waals surface area contributed by atoms with Gasteiger partial charge in [0.15, 0.2) is 15.8 Å². The maximum Gasteiger partial charge on any atom is 0.191 e. The maximum atomic E-state index is 11.5. The number of halogens is 1. The highest BCUT2D eigenvalue weighted by Crippen LogP contribution is 2.10. The molecule has 0 spiro atoms. The van der Waals surface area contributed by atoms with Gasteiger partial charge in [-0.1, -0.05) is 26.0 Å². The number of aliphatic imine (C=N–C) groups is 1. The summed E-state index contributed by atoms with van der Waals surface area (Å²) >= 11 is 0. The number of sulfone groups is 1. The van der Waals surface area contributed by atoms with E-state index in [0.29, 0.717) is 29.9 Å². The molecule has 0 amide bonds. The Morgan fingerprint density at radius 1 is 1.21 bits per heavy atom. The molecule has 2 aromatic rings. The van der Waals surface area contributed by atoms with Gasteiger partial charge in [-0.2, -0.15) is 0 Å². The lowest BCUT2D eigenvalue weighted by Gasteiger charge is -2.14. The van der Waals surface area contributed by atoms with Crippen molar-refractivity contribution in [3.8, 4) is 0 Å². The Kier molecular flexibility index (Phi) is 9.94. The van der Waals surface area contributed by atoms with Crippen molar-refractivity contribution in [1.82, 2.24) is 20.2 Å². The van der Waals surface area contributed by atoms with E-state index in [1.54, 1.807) is 19.2 Å². The zero-order valence-electron chi connectivity index (χ0n) is 16.8. The van der Waals surface area contributed by atoms with Crippen LogP contribution in [0.3, 0.4) is 0 Å². The molecule has 0 saturated carbocycles. The summed E-state index contributed by atoms with van der Waals surface area (Å²) in [7, 11) is -1.42. The third-order valence-electron chi connectivity index (χ3n) is 4.06. The van der Waals surface area contributed by atoms with Crippen LogP contribution < -0.4 is 10.6 Å². The van der Waals surface area contributed by atoms with Crippen LogP contribution in [-0.2, 0) is 29.3 Å². The van der Waals surface area contributed by atoms with E-state index in [1.165, 1.54) is 6.26 Å². The van der Waals surface area contributed by atoms with Crippen molar-refractivity contribution in [2.75, 3.05) is 19.8 Å². The van der Waals surface area contributed by atoms with Crippen LogP contribution >= 0.6 is 24.0 Å². The van der Waals surface area contributed by atoms with Gasteiger partial charge < -0.3 is 15.2 Å². The first-order chi connectivity index (χ1) is 12.8. The van der Waals surface area contributed by atoms with Gasteiger partial charge in [-0.05, 0) is 30.0 Å². The molecule has 1 heterocycles. The Morgan fingerprint density at radius 3 is 2.46 bits per heavy atom. The average Bonchev–Trinajstić information content (AvgIpc) is 3.04. The van der Waals surface area contributed by atoms with Crippen LogP contribution in [0.1, 0.15) is 25.2 Å². The molecule has 2 N–H and O–H groups in total. The summed E-state index contributed by atoms with van der Waals surface area (Å²) in [4.78, 5) is 8.98. The van der Waals surface area contributed by atoms with Crippen molar-refractivity contribution < 1.29 is 8.42 Å². The van der Waals surface area contributed by atoms with E-state index >= 15 is 0 Å². The van der Waals surface area contributed by atoms with Crippen LogP contribution in [0.15, 0.2) is 46.5 Å². The summed E-state index contributed by atoms with van der Waals surface area (Å²) in [5.41, 5.74) is 1.07. The van der Waals surface area contributed by atoms with Crippen LogP contribution in [0.4, 0.5) is 0 Å². The molecule has 0 saturated heterocycles. The van der Waals surface area contributed by atoms with Gasteiger partial charge in [-0.3, -0.25) is 4.99 Å². The van der Waals surface area contributed by atoms with Crippen molar-refractivity contribution in [2.24, 2.45) is 10.9 Å². The minimum Gasteiger partial charge on any atom is -0.356 e. The Bertz CT molecular complexity index is 861. The zero-order valence-corrected chi connectivity index (χ0v) is 20.0. The number of hydrogen-bond donors (Lipinski definition) is 2. The molecule has 2 rings (SSSR count). The standard InChI is InChI=1S/C19H29N5O2S.HI/c1-15(2)14-24-12-11-21-18(24)13-23-19(20-3)22-10-9-16-5-7-17(8-6-16)27(4,25)26;/h5-8,11-12,15H,9-10,13-14H2,1-4H3,(H2,20,22,23);1H. The van der Waals surface area contributed by atoms with Gasteiger partial charge in [0.25, 0.3) is 0 Å². The van der Waals surface area contributed by atoms with Gasteiger partial charge in [0.2, 0.25) is 0 Å². The number of benzene rings is 1. The molecular weight excluding hydrogens is 489 g/mol. The van der Waals surface area contributed by atoms with E-state index in [0.717, 1.165) is 24.4 Å². The summed E-state index contributed by atoms with van der Waals surface area (Å²) < 4.78 is 25.1. The number of rotatable bonds is 8. The van der Waals surface area contributed by atoms with Gasteiger partial charge in [0.05, 0.1) is 11.4 Å². The lowest BCUT2D eigenvalue weighted by Crippen LogP contribution is -2.38. The monoisotopic (exact) mass is 519 g/mol. The average molecular weight is 519 g/mol. The third kappa shape index (κ3) is 7.78. The number of imidazole rings is 1. The molecule has 0 radical (unpaired) electrons. The SMILES string of the molecule is CN=C(NCCc1ccc(S(C)(=O)=O)cc1)NCc1nccn1CC(C)C.I. The van der Waals surface area contributed by atoms with Crippen LogP contribution in [0.25, 0.3) is 0 Å². The van der Waals surface area contributed by atoms with E-state index < -0.39 is 9.84 Å². The van der Waals surface area contributed by atoms with E-state index in [9.17, 15) is 8.42 Å². The van der Waals surface area contributed by atoms with Crippen molar-refractivity contribution in [2.45, 2.75) is 38.3 Å². The summed E-state index contributed by atoms with van der Waals surface area (Å²) in [5, 5.41) is 6.55. The fraction of sp³-hybridized carbons (Fsp3) is 0.474. The smallest absolute Gasteiger partial charge is 0.191 e. The van der Waals surface area contributed by atoms with Gasteiger partial charge in [0, 0.05) is 38.8 Å². The number of nitrogens with one attached hydrogen (secondary N) is 2. The molecule has 28 heavy (non-hydrogen) atoms. The van der Waals surface area contributed by atoms with E-state index in [-0.39, 0.29) is 24.0 Å². The first-order valence-corrected chi connectivity index (χ1v) is 10.9. The Morgan fingerprint density at radius 2 is 1.89 bits per heavy atom. The molecule has 7 nitrogen and oxygen atoms in total. The van der Waals surface area contributed by atoms with Crippen molar-refractivity contribution >= 4 is 39.8 Å². The van der Waals surface area contributed by atoms with Gasteiger partial charge in [-0.15, -0.1) is 24.0 Å². The van der Waals surface area contributed by atoms with E-state index in [1.807, 2.05) is 24.5 Å². The topological polar surface area (TPSA) is 88.4 Å². The second-order valence-electron chi connectivity index (χ2n) is 6.91. The number of hydrogen-bond acceptors (Lipinski definition) is 4. The molecule has 156 valence electrons. The Balaban J connectivity index is 0.00000392. The summed E-state index contributed by atoms with van der Waals surface area (Å²) in [6.45, 7) is 6.59. The predicted molar refractivity (Wildman–Crippen MR) is 124 cm³/mol. The first kappa shape index (κ1) is 24.4. The van der Waals surface area contributed by atoms with Crippen LogP contribution in [-0.4, -0.2) is 43.8 Å². The van der Waals surface area contributed by atoms with Crippen LogP contribution in [0, 0.1) is 5.92 Å². The normalized spacial score (nSPS) is 12.0. The van der Waals surface area contributed by atoms with Gasteiger partial charge in [0.1, 0.15) is 5.82 Å². The van der Waals surface area contributed by atoms with Crippen molar-refractivity contribution in [1.29, 1.82) is 0 Å². The van der Waals surface area contributed by atoms with Crippen molar-refractivity contribution in [3.63, 3.8) is 0 Å². The molecule has 0 fully saturated rings. The lowest BCUT2D eigenvalue weighted by atomic mass is 10.1. The lowest BCUT2D eigenvalue weighted by molar-refractivity contribution is 0.503. The first-order valence-electron chi connectivity index (χ1n) is 9.03. The van der Waals surface area contributed by atoms with Gasteiger partial charge >= 0.3 is 0 Å².